The van der Waals surface area contributed by atoms with Gasteiger partial charge in [0.2, 0.25) is 11.8 Å². The number of carbonyl (C=O) groups excluding carboxylic acids is 7. The molecule has 0 radical (unpaired) electrons. The molecule has 0 aliphatic heterocycles. The number of anilines is 2. The van der Waals surface area contributed by atoms with E-state index in [9.17, 15) is 33.6 Å². The van der Waals surface area contributed by atoms with Gasteiger partial charge in [-0.3, -0.25) is 28.8 Å². The zero-order valence-corrected chi connectivity index (χ0v) is 35.6. The van der Waals surface area contributed by atoms with E-state index < -0.39 is 42.1 Å². The molecule has 0 saturated heterocycles. The van der Waals surface area contributed by atoms with Crippen LogP contribution in [-0.4, -0.2) is 81.9 Å². The highest BCUT2D eigenvalue weighted by atomic mass is 127. The van der Waals surface area contributed by atoms with Crippen molar-refractivity contribution < 1.29 is 43.0 Å². The number of hydrogen-bond acceptors (Lipinski definition) is 9. The van der Waals surface area contributed by atoms with Gasteiger partial charge < -0.3 is 35.6 Å². The van der Waals surface area contributed by atoms with Gasteiger partial charge in [0.1, 0.15) is 6.61 Å². The summed E-state index contributed by atoms with van der Waals surface area (Å²) in [5.74, 6) is -3.89. The van der Waals surface area contributed by atoms with Gasteiger partial charge in [0.05, 0.1) is 60.5 Å². The molecule has 2 aromatic rings. The predicted octanol–water partition coefficient (Wildman–Crippen LogP) is 3.90. The third kappa shape index (κ3) is 9.66. The topological polar surface area (TPSA) is 189 Å². The fourth-order valence-electron chi connectivity index (χ4n) is 4.42. The zero-order chi connectivity index (χ0) is 36.6. The minimum atomic E-state index is -0.692. The van der Waals surface area contributed by atoms with Gasteiger partial charge in [0, 0.05) is 35.1 Å². The van der Waals surface area contributed by atoms with E-state index >= 15 is 0 Å². The number of esters is 2. The SMILES string of the molecule is CCOC(=O)c1c(C)c(NC(=O)CNC(=O)c2c(I)c(C(=O)NC)c(I)c(N(C)C(C)=O)c2I)c(I)c(C(=O)NCCOC(C)=O)c1C. The minimum absolute atomic E-state index is 0.00592. The quantitative estimate of drug-likeness (QED) is 0.139. The Labute approximate surface area is 331 Å². The first-order chi connectivity index (χ1) is 22.4. The van der Waals surface area contributed by atoms with Crippen molar-refractivity contribution in [3.05, 3.63) is 47.7 Å². The van der Waals surface area contributed by atoms with Crippen molar-refractivity contribution in [3.63, 3.8) is 0 Å². The largest absolute Gasteiger partial charge is 0.464 e. The van der Waals surface area contributed by atoms with E-state index in [2.05, 4.69) is 21.3 Å². The summed E-state index contributed by atoms with van der Waals surface area (Å²) < 4.78 is 11.6. The van der Waals surface area contributed by atoms with Crippen LogP contribution in [0.1, 0.15) is 73.3 Å². The summed E-state index contributed by atoms with van der Waals surface area (Å²) >= 11 is 7.67. The number of nitrogens with zero attached hydrogens (tertiary/aromatic N) is 1. The lowest BCUT2D eigenvalue weighted by Gasteiger charge is -2.24. The standard InChI is InChI=1S/C30H33I4N5O9/c1-8-47-30(46)17-12(2)18(28(44)36-9-10-48-15(5)41)22(32)25(13(17)3)38-16(42)11-37-29(45)20-21(31)19(27(43)35-6)23(33)26(24(20)34)39(7)14(4)40/h8-11H2,1-7H3,(H,35,43)(H,36,44)(H,37,45)(H,38,42). The van der Waals surface area contributed by atoms with Crippen LogP contribution in [0.5, 0.6) is 0 Å². The van der Waals surface area contributed by atoms with Crippen molar-refractivity contribution in [3.8, 4) is 0 Å². The second-order valence-corrected chi connectivity index (χ2v) is 14.2. The summed E-state index contributed by atoms with van der Waals surface area (Å²) in [7, 11) is 2.98. The number of benzene rings is 2. The van der Waals surface area contributed by atoms with Gasteiger partial charge in [-0.05, 0) is 122 Å². The second-order valence-electron chi connectivity index (χ2n) is 9.93. The highest BCUT2D eigenvalue weighted by molar-refractivity contribution is 14.1. The van der Waals surface area contributed by atoms with Crippen molar-refractivity contribution >= 4 is 143 Å². The molecule has 0 aliphatic rings. The highest BCUT2D eigenvalue weighted by Crippen LogP contribution is 2.38. The maximum atomic E-state index is 13.6. The lowest BCUT2D eigenvalue weighted by molar-refractivity contribution is -0.140. The van der Waals surface area contributed by atoms with Gasteiger partial charge in [-0.1, -0.05) is 0 Å². The van der Waals surface area contributed by atoms with Crippen LogP contribution in [0, 0.1) is 28.1 Å². The lowest BCUT2D eigenvalue weighted by atomic mass is 9.95. The number of carbonyl (C=O) groups is 7. The summed E-state index contributed by atoms with van der Waals surface area (Å²) in [4.78, 5) is 90.6. The molecular formula is C30H33I4N5O9. The van der Waals surface area contributed by atoms with Crippen molar-refractivity contribution in [2.75, 3.05) is 50.6 Å². The van der Waals surface area contributed by atoms with Gasteiger partial charge in [-0.25, -0.2) is 4.79 Å². The van der Waals surface area contributed by atoms with Crippen molar-refractivity contribution in [1.82, 2.24) is 16.0 Å². The van der Waals surface area contributed by atoms with Crippen LogP contribution in [0.25, 0.3) is 0 Å². The van der Waals surface area contributed by atoms with E-state index in [1.54, 1.807) is 20.8 Å². The smallest absolute Gasteiger partial charge is 0.338 e. The van der Waals surface area contributed by atoms with Crippen molar-refractivity contribution in [2.45, 2.75) is 34.6 Å². The van der Waals surface area contributed by atoms with Gasteiger partial charge in [-0.2, -0.15) is 0 Å². The van der Waals surface area contributed by atoms with Gasteiger partial charge in [-0.15, -0.1) is 0 Å². The summed E-state index contributed by atoms with van der Waals surface area (Å²) in [5, 5.41) is 10.5. The number of nitrogens with one attached hydrogen (secondary N) is 4. The molecule has 0 heterocycles. The molecule has 0 unspecified atom stereocenters. The Bertz CT molecular complexity index is 1700. The van der Waals surface area contributed by atoms with Crippen LogP contribution in [0.3, 0.4) is 0 Å². The maximum absolute atomic E-state index is 13.6. The average molecular weight is 1120 g/mol. The van der Waals surface area contributed by atoms with E-state index in [1.165, 1.54) is 32.8 Å². The molecule has 0 bridgehead atoms. The molecule has 0 spiro atoms. The van der Waals surface area contributed by atoms with Gasteiger partial charge in [0.15, 0.2) is 0 Å². The first-order valence-corrected chi connectivity index (χ1v) is 18.4. The summed E-state index contributed by atoms with van der Waals surface area (Å²) in [6.45, 7) is 6.91. The monoisotopic (exact) mass is 1110 g/mol. The fourth-order valence-corrected chi connectivity index (χ4v) is 10.5. The highest BCUT2D eigenvalue weighted by Gasteiger charge is 2.31. The molecule has 0 fully saturated rings. The Kier molecular flexibility index (Phi) is 16.2. The summed E-state index contributed by atoms with van der Waals surface area (Å²) in [5.41, 5.74) is 1.71. The Morgan fingerprint density at radius 3 is 1.81 bits per heavy atom. The molecular weight excluding hydrogens is 1080 g/mol. The zero-order valence-electron chi connectivity index (χ0n) is 27.0. The number of ether oxygens (including phenoxy) is 2. The Morgan fingerprint density at radius 1 is 0.729 bits per heavy atom. The van der Waals surface area contributed by atoms with Crippen LogP contribution in [0.15, 0.2) is 0 Å². The van der Waals surface area contributed by atoms with E-state index in [-0.39, 0.29) is 53.6 Å². The molecule has 48 heavy (non-hydrogen) atoms. The summed E-state index contributed by atoms with van der Waals surface area (Å²) in [6.07, 6.45) is 0. The fraction of sp³-hybridized carbons (Fsp3) is 0.367. The predicted molar refractivity (Wildman–Crippen MR) is 212 cm³/mol. The van der Waals surface area contributed by atoms with E-state index in [0.717, 1.165) is 0 Å². The number of amides is 5. The average Bonchev–Trinajstić information content (AvgIpc) is 3.00. The molecule has 2 rings (SSSR count). The van der Waals surface area contributed by atoms with Crippen molar-refractivity contribution in [1.29, 1.82) is 0 Å². The lowest BCUT2D eigenvalue weighted by Crippen LogP contribution is -2.36. The van der Waals surface area contributed by atoms with Crippen LogP contribution < -0.4 is 26.2 Å². The molecule has 260 valence electrons. The van der Waals surface area contributed by atoms with Crippen molar-refractivity contribution in [2.24, 2.45) is 0 Å². The molecule has 0 aliphatic carbocycles. The Balaban J connectivity index is 2.51. The van der Waals surface area contributed by atoms with E-state index in [0.29, 0.717) is 31.1 Å². The molecule has 4 N–H and O–H groups in total. The second kappa shape index (κ2) is 18.6. The van der Waals surface area contributed by atoms with Crippen LogP contribution in [-0.2, 0) is 23.9 Å². The number of rotatable bonds is 12. The molecule has 0 atom stereocenters. The molecule has 0 aromatic heterocycles. The first-order valence-electron chi connectivity index (χ1n) is 14.1. The molecule has 0 saturated carbocycles. The van der Waals surface area contributed by atoms with Crippen LogP contribution >= 0.6 is 90.4 Å². The molecule has 5 amide bonds. The van der Waals surface area contributed by atoms with Gasteiger partial charge >= 0.3 is 11.9 Å². The minimum Gasteiger partial charge on any atom is -0.464 e. The number of halogens is 4. The first kappa shape index (κ1) is 41.8. The van der Waals surface area contributed by atoms with Crippen LogP contribution in [0.4, 0.5) is 11.4 Å². The molecule has 2 aromatic carbocycles. The number of hydrogen-bond donors (Lipinski definition) is 4. The molecule has 14 nitrogen and oxygen atoms in total. The Hall–Kier alpha value is -2.35. The third-order valence-corrected chi connectivity index (χ3v) is 11.1. The van der Waals surface area contributed by atoms with Gasteiger partial charge in [0.25, 0.3) is 17.7 Å². The summed E-state index contributed by atoms with van der Waals surface area (Å²) in [6, 6.07) is 0. The van der Waals surface area contributed by atoms with E-state index in [1.807, 2.05) is 90.4 Å². The maximum Gasteiger partial charge on any atom is 0.338 e. The normalized spacial score (nSPS) is 10.5. The molecule has 18 heteroatoms. The third-order valence-electron chi connectivity index (χ3n) is 6.80. The van der Waals surface area contributed by atoms with E-state index in [4.69, 9.17) is 9.47 Å². The van der Waals surface area contributed by atoms with Crippen LogP contribution in [0.2, 0.25) is 0 Å². The Morgan fingerprint density at radius 2 is 1.29 bits per heavy atom.